The summed E-state index contributed by atoms with van der Waals surface area (Å²) >= 11 is 0. The average molecular weight is 292 g/mol. The normalized spacial score (nSPS) is 16.3. The molecular formula is C12H28N3OP2+. The van der Waals surface area contributed by atoms with Crippen LogP contribution in [0.2, 0.25) is 0 Å². The molecule has 0 aliphatic carbocycles. The molecule has 0 unspecified atom stereocenters. The van der Waals surface area contributed by atoms with E-state index in [9.17, 15) is 4.57 Å². The first-order valence-electron chi connectivity index (χ1n) is 6.40. The van der Waals surface area contributed by atoms with Gasteiger partial charge in [-0.15, -0.1) is 8.18 Å². The topological polar surface area (TPSA) is 39.0 Å². The monoisotopic (exact) mass is 292 g/mol. The van der Waals surface area contributed by atoms with E-state index in [2.05, 4.69) is 75.6 Å². The van der Waals surface area contributed by atoms with Crippen LogP contribution in [0.25, 0.3) is 0 Å². The number of nitrogens with one attached hydrogen (secondary N) is 1. The lowest BCUT2D eigenvalue weighted by Crippen LogP contribution is -2.36. The Morgan fingerprint density at radius 3 is 1.39 bits per heavy atom. The van der Waals surface area contributed by atoms with E-state index in [-0.39, 0.29) is 16.6 Å². The van der Waals surface area contributed by atoms with E-state index in [4.69, 9.17) is 0 Å². The molecule has 6 heteroatoms. The van der Waals surface area contributed by atoms with Crippen molar-refractivity contribution in [3.8, 4) is 0 Å². The largest absolute Gasteiger partial charge is 0.416 e. The van der Waals surface area contributed by atoms with Gasteiger partial charge in [-0.2, -0.15) is 9.65 Å². The number of aromatic nitrogens is 2. The second-order valence-electron chi connectivity index (χ2n) is 7.82. The zero-order chi connectivity index (χ0) is 14.5. The van der Waals surface area contributed by atoms with Crippen molar-refractivity contribution in [1.82, 2.24) is 8.18 Å². The molecule has 1 N–H and O–H groups in total. The zero-order valence-electron chi connectivity index (χ0n) is 13.2. The van der Waals surface area contributed by atoms with E-state index in [1.807, 2.05) is 0 Å². The van der Waals surface area contributed by atoms with Crippen LogP contribution in [-0.2, 0) is 15.6 Å². The van der Waals surface area contributed by atoms with Crippen molar-refractivity contribution in [2.24, 2.45) is 0 Å². The van der Waals surface area contributed by atoms with Crippen LogP contribution in [0.15, 0.2) is 0 Å². The molecule has 0 bridgehead atoms. The molecule has 0 amide bonds. The Balaban J connectivity index is 3.37. The SMILES string of the molecule is CC(C)(C)Np1n(C(C)(C)C)[p+](=O)n1C(C)(C)C. The summed E-state index contributed by atoms with van der Waals surface area (Å²) < 4.78 is 16.8. The van der Waals surface area contributed by atoms with Crippen LogP contribution >= 0.6 is 15.7 Å². The molecule has 1 aromatic heterocycles. The van der Waals surface area contributed by atoms with Crippen LogP contribution in [0.5, 0.6) is 0 Å². The molecular weight excluding hydrogens is 264 g/mol. The molecule has 0 aliphatic rings. The fourth-order valence-electron chi connectivity index (χ4n) is 1.75. The minimum atomic E-state index is -1.43. The van der Waals surface area contributed by atoms with Crippen molar-refractivity contribution >= 4 is 15.7 Å². The third-order valence-corrected chi connectivity index (χ3v) is 8.89. The number of rotatable bonds is 1. The Kier molecular flexibility index (Phi) is 4.01. The summed E-state index contributed by atoms with van der Waals surface area (Å²) in [6.07, 6.45) is 0. The second-order valence-corrected chi connectivity index (χ2v) is 11.4. The molecule has 0 saturated heterocycles. The van der Waals surface area contributed by atoms with Gasteiger partial charge in [0.05, 0.1) is 11.1 Å². The Morgan fingerprint density at radius 1 is 0.833 bits per heavy atom. The van der Waals surface area contributed by atoms with Gasteiger partial charge in [-0.3, -0.25) is 0 Å². The van der Waals surface area contributed by atoms with Crippen molar-refractivity contribution in [3.05, 3.63) is 0 Å². The summed E-state index contributed by atoms with van der Waals surface area (Å²) in [6, 6.07) is 0. The van der Waals surface area contributed by atoms with Crippen LogP contribution in [-0.4, -0.2) is 13.7 Å². The highest BCUT2D eigenvalue weighted by molar-refractivity contribution is 7.60. The van der Waals surface area contributed by atoms with Crippen molar-refractivity contribution in [1.29, 1.82) is 0 Å². The first kappa shape index (κ1) is 16.0. The summed E-state index contributed by atoms with van der Waals surface area (Å²) in [5.41, 5.74) is -0.117. The van der Waals surface area contributed by atoms with Gasteiger partial charge in [0.25, 0.3) is 0 Å². The fourth-order valence-corrected chi connectivity index (χ4v) is 6.89. The fraction of sp³-hybridized carbons (Fsp3) is 1.00. The van der Waals surface area contributed by atoms with Crippen LogP contribution in [0, 0.1) is 0 Å². The molecule has 18 heavy (non-hydrogen) atoms. The predicted molar refractivity (Wildman–Crippen MR) is 81.8 cm³/mol. The molecule has 0 fully saturated rings. The van der Waals surface area contributed by atoms with Gasteiger partial charge < -0.3 is 0 Å². The average Bonchev–Trinajstić information content (AvgIpc) is 1.92. The van der Waals surface area contributed by atoms with Gasteiger partial charge in [0.2, 0.25) is 8.00 Å². The molecule has 0 atom stereocenters. The first-order valence-corrected chi connectivity index (χ1v) is 8.82. The number of hydrogen-bond acceptors (Lipinski definition) is 2. The van der Waals surface area contributed by atoms with E-state index >= 15 is 0 Å². The standard InChI is InChI=1S/C12H28N3OP2/c1-10(2,3)13-17-14(11(4,5)6)18(16)15(17)12(7,8)9/h13H,1-9H3/q+1. The van der Waals surface area contributed by atoms with Gasteiger partial charge in [0, 0.05) is 5.54 Å². The van der Waals surface area contributed by atoms with Crippen molar-refractivity contribution < 1.29 is 4.57 Å². The number of nitrogens with zero attached hydrogens (tertiary/aromatic N) is 2. The summed E-state index contributed by atoms with van der Waals surface area (Å²) in [7, 11) is -2.13. The lowest BCUT2D eigenvalue weighted by molar-refractivity contribution is 0.394. The third kappa shape index (κ3) is 3.29. The quantitative estimate of drug-likeness (QED) is 0.802. The van der Waals surface area contributed by atoms with E-state index in [1.54, 1.807) is 0 Å². The molecule has 0 radical (unpaired) electrons. The summed E-state index contributed by atoms with van der Waals surface area (Å²) in [4.78, 5) is 0. The van der Waals surface area contributed by atoms with Crippen LogP contribution in [0.1, 0.15) is 62.3 Å². The third-order valence-electron chi connectivity index (χ3n) is 2.32. The highest BCUT2D eigenvalue weighted by atomic mass is 31.2. The van der Waals surface area contributed by atoms with Gasteiger partial charge in [0.15, 0.2) is 0 Å². The van der Waals surface area contributed by atoms with Gasteiger partial charge in [-0.05, 0) is 62.3 Å². The van der Waals surface area contributed by atoms with E-state index in [1.165, 1.54) is 0 Å². The van der Waals surface area contributed by atoms with Gasteiger partial charge in [0.1, 0.15) is 0 Å². The van der Waals surface area contributed by atoms with Gasteiger partial charge in [-0.1, -0.05) is 0 Å². The summed E-state index contributed by atoms with van der Waals surface area (Å²) in [6.45, 7) is 19.2. The molecule has 0 saturated carbocycles. The molecule has 1 heterocycles. The van der Waals surface area contributed by atoms with Crippen molar-refractivity contribution in [2.75, 3.05) is 5.09 Å². The Labute approximate surface area is 113 Å². The Bertz CT molecular complexity index is 442. The number of hydrogen-bond donors (Lipinski definition) is 1. The zero-order valence-corrected chi connectivity index (χ0v) is 15.0. The lowest BCUT2D eigenvalue weighted by atomic mass is 10.1. The maximum absolute atomic E-state index is 12.5. The van der Waals surface area contributed by atoms with Crippen molar-refractivity contribution in [3.63, 3.8) is 0 Å². The minimum Gasteiger partial charge on any atom is -0.193 e. The first-order chi connectivity index (χ1) is 7.75. The molecule has 0 aromatic carbocycles. The molecule has 0 aliphatic heterocycles. The smallest absolute Gasteiger partial charge is 0.193 e. The maximum atomic E-state index is 12.5. The lowest BCUT2D eigenvalue weighted by Gasteiger charge is -2.34. The van der Waals surface area contributed by atoms with E-state index in [0.717, 1.165) is 0 Å². The maximum Gasteiger partial charge on any atom is 0.416 e. The summed E-state index contributed by atoms with van der Waals surface area (Å²) in [5.74, 6) is 0. The van der Waals surface area contributed by atoms with Crippen LogP contribution < -0.4 is 5.09 Å². The van der Waals surface area contributed by atoms with Gasteiger partial charge in [-0.25, -0.2) is 0 Å². The highest BCUT2D eigenvalue weighted by Crippen LogP contribution is 2.50. The molecule has 4 nitrogen and oxygen atoms in total. The predicted octanol–water partition coefficient (Wildman–Crippen LogP) is 4.87. The Hall–Kier alpha value is -0.0400. The second kappa shape index (κ2) is 4.51. The molecule has 0 spiro atoms. The van der Waals surface area contributed by atoms with Crippen molar-refractivity contribution in [2.45, 2.75) is 78.9 Å². The van der Waals surface area contributed by atoms with E-state index < -0.39 is 15.7 Å². The highest BCUT2D eigenvalue weighted by Gasteiger charge is 2.40. The van der Waals surface area contributed by atoms with Crippen LogP contribution in [0.4, 0.5) is 0 Å². The summed E-state index contributed by atoms with van der Waals surface area (Å²) in [5, 5.41) is 3.63. The minimum absolute atomic E-state index is 0.0231. The Morgan fingerprint density at radius 2 is 1.17 bits per heavy atom. The molecule has 1 rings (SSSR count). The van der Waals surface area contributed by atoms with Gasteiger partial charge >= 0.3 is 7.73 Å². The molecule has 1 aromatic rings. The van der Waals surface area contributed by atoms with Crippen LogP contribution in [0.3, 0.4) is 0 Å². The molecule has 106 valence electrons. The van der Waals surface area contributed by atoms with E-state index in [0.29, 0.717) is 0 Å².